The highest BCUT2D eigenvalue weighted by molar-refractivity contribution is 7.89. The molecule has 0 aliphatic heterocycles. The number of ether oxygens (including phenoxy) is 1. The maximum Gasteiger partial charge on any atom is 0.241 e. The number of sulfonamides is 1. The molecular formula is C26H27NO3S. The van der Waals surface area contributed by atoms with Gasteiger partial charge in [0.15, 0.2) is 0 Å². The number of rotatable bonds is 6. The van der Waals surface area contributed by atoms with Crippen LogP contribution in [0.2, 0.25) is 0 Å². The molecule has 0 bridgehead atoms. The predicted octanol–water partition coefficient (Wildman–Crippen LogP) is 4.61. The van der Waals surface area contributed by atoms with Crippen LogP contribution >= 0.6 is 0 Å². The summed E-state index contributed by atoms with van der Waals surface area (Å²) in [6.07, 6.45) is 3.94. The van der Waals surface area contributed by atoms with E-state index in [9.17, 15) is 8.42 Å². The summed E-state index contributed by atoms with van der Waals surface area (Å²) in [6, 6.07) is 22.4. The van der Waals surface area contributed by atoms with Crippen LogP contribution in [0, 0.1) is 6.92 Å². The van der Waals surface area contributed by atoms with Gasteiger partial charge in [-0.3, -0.25) is 0 Å². The second kappa shape index (κ2) is 9.18. The maximum atomic E-state index is 13.1. The first-order valence-corrected chi connectivity index (χ1v) is 12.0. The minimum Gasteiger partial charge on any atom is -0.383 e. The van der Waals surface area contributed by atoms with Crippen molar-refractivity contribution in [3.05, 3.63) is 100 Å². The van der Waals surface area contributed by atoms with E-state index in [1.165, 1.54) is 11.1 Å². The van der Waals surface area contributed by atoms with Crippen LogP contribution in [-0.2, 0) is 27.6 Å². The molecule has 31 heavy (non-hydrogen) atoms. The van der Waals surface area contributed by atoms with Crippen molar-refractivity contribution >= 4 is 21.7 Å². The fourth-order valence-electron chi connectivity index (χ4n) is 4.08. The van der Waals surface area contributed by atoms with Crippen molar-refractivity contribution in [2.75, 3.05) is 20.3 Å². The first kappa shape index (κ1) is 21.5. The van der Waals surface area contributed by atoms with E-state index in [4.69, 9.17) is 4.74 Å². The maximum absolute atomic E-state index is 13.1. The fourth-order valence-corrected chi connectivity index (χ4v) is 5.36. The highest BCUT2D eigenvalue weighted by Crippen LogP contribution is 2.35. The molecule has 0 fully saturated rings. The summed E-state index contributed by atoms with van der Waals surface area (Å²) >= 11 is 0. The van der Waals surface area contributed by atoms with Gasteiger partial charge in [-0.25, -0.2) is 13.1 Å². The van der Waals surface area contributed by atoms with Gasteiger partial charge in [-0.05, 0) is 70.9 Å². The van der Waals surface area contributed by atoms with E-state index in [0.29, 0.717) is 12.2 Å². The van der Waals surface area contributed by atoms with Crippen LogP contribution in [0.15, 0.2) is 71.6 Å². The molecule has 3 aromatic carbocycles. The van der Waals surface area contributed by atoms with Crippen LogP contribution in [-0.4, -0.2) is 28.7 Å². The Morgan fingerprint density at radius 1 is 0.935 bits per heavy atom. The molecule has 0 radical (unpaired) electrons. The van der Waals surface area contributed by atoms with E-state index in [-0.39, 0.29) is 11.4 Å². The summed E-state index contributed by atoms with van der Waals surface area (Å²) in [5.74, 6) is 0. The molecule has 1 N–H and O–H groups in total. The Kier molecular flexibility index (Phi) is 6.37. The summed E-state index contributed by atoms with van der Waals surface area (Å²) in [5, 5.41) is 0. The van der Waals surface area contributed by atoms with Crippen molar-refractivity contribution in [1.29, 1.82) is 0 Å². The molecular weight excluding hydrogens is 406 g/mol. The number of nitrogens with one attached hydrogen (secondary N) is 1. The van der Waals surface area contributed by atoms with Gasteiger partial charge in [0, 0.05) is 13.7 Å². The summed E-state index contributed by atoms with van der Waals surface area (Å²) < 4.78 is 33.8. The number of methoxy groups -OCH3 is 1. The van der Waals surface area contributed by atoms with Gasteiger partial charge in [-0.1, -0.05) is 60.7 Å². The first-order chi connectivity index (χ1) is 15.0. The Labute approximate surface area is 184 Å². The second-order valence-electron chi connectivity index (χ2n) is 7.80. The van der Waals surface area contributed by atoms with E-state index in [0.717, 1.165) is 35.1 Å². The Morgan fingerprint density at radius 2 is 1.55 bits per heavy atom. The topological polar surface area (TPSA) is 55.4 Å². The van der Waals surface area contributed by atoms with Gasteiger partial charge in [-0.2, -0.15) is 0 Å². The van der Waals surface area contributed by atoms with E-state index >= 15 is 0 Å². The van der Waals surface area contributed by atoms with Gasteiger partial charge in [-0.15, -0.1) is 0 Å². The molecule has 3 aromatic rings. The summed E-state index contributed by atoms with van der Waals surface area (Å²) in [6.45, 7) is 2.46. The van der Waals surface area contributed by atoms with E-state index in [2.05, 4.69) is 41.1 Å². The molecule has 4 rings (SSSR count). The Hall–Kier alpha value is -2.73. The molecule has 0 heterocycles. The molecule has 0 amide bonds. The zero-order chi connectivity index (χ0) is 21.8. The number of hydrogen-bond acceptors (Lipinski definition) is 3. The van der Waals surface area contributed by atoms with E-state index < -0.39 is 10.0 Å². The Balaban J connectivity index is 1.90. The average molecular weight is 434 g/mol. The SMILES string of the molecule is COCCNS(=O)(=O)c1cc(C)ccc1C=C1c2ccccc2CCc2ccccc21. The third-order valence-corrected chi connectivity index (χ3v) is 7.15. The summed E-state index contributed by atoms with van der Waals surface area (Å²) in [7, 11) is -2.12. The van der Waals surface area contributed by atoms with Gasteiger partial charge >= 0.3 is 0 Å². The molecule has 160 valence electrons. The summed E-state index contributed by atoms with van der Waals surface area (Å²) in [4.78, 5) is 0.287. The second-order valence-corrected chi connectivity index (χ2v) is 9.54. The van der Waals surface area contributed by atoms with Crippen LogP contribution in [0.3, 0.4) is 0 Å². The summed E-state index contributed by atoms with van der Waals surface area (Å²) in [5.41, 5.74) is 7.50. The van der Waals surface area contributed by atoms with Gasteiger partial charge < -0.3 is 4.74 Å². The lowest BCUT2D eigenvalue weighted by molar-refractivity contribution is 0.204. The molecule has 0 spiro atoms. The van der Waals surface area contributed by atoms with Gasteiger partial charge in [0.2, 0.25) is 10.0 Å². The largest absolute Gasteiger partial charge is 0.383 e. The highest BCUT2D eigenvalue weighted by atomic mass is 32.2. The number of aryl methyl sites for hydroxylation is 3. The van der Waals surface area contributed by atoms with Crippen molar-refractivity contribution in [3.63, 3.8) is 0 Å². The first-order valence-electron chi connectivity index (χ1n) is 10.5. The zero-order valence-corrected chi connectivity index (χ0v) is 18.7. The zero-order valence-electron chi connectivity index (χ0n) is 17.9. The van der Waals surface area contributed by atoms with E-state index in [1.54, 1.807) is 13.2 Å². The molecule has 0 unspecified atom stereocenters. The van der Waals surface area contributed by atoms with Gasteiger partial charge in [0.1, 0.15) is 0 Å². The molecule has 4 nitrogen and oxygen atoms in total. The van der Waals surface area contributed by atoms with Crippen LogP contribution in [0.5, 0.6) is 0 Å². The lowest BCUT2D eigenvalue weighted by atomic mass is 9.92. The molecule has 1 aliphatic carbocycles. The van der Waals surface area contributed by atoms with Gasteiger partial charge in [0.05, 0.1) is 11.5 Å². The van der Waals surface area contributed by atoms with Crippen LogP contribution in [0.4, 0.5) is 0 Å². The van der Waals surface area contributed by atoms with Crippen molar-refractivity contribution in [2.24, 2.45) is 0 Å². The number of fused-ring (bicyclic) bond motifs is 2. The monoisotopic (exact) mass is 433 g/mol. The number of benzene rings is 3. The third-order valence-electron chi connectivity index (χ3n) is 5.64. The van der Waals surface area contributed by atoms with Crippen molar-refractivity contribution in [1.82, 2.24) is 4.72 Å². The smallest absolute Gasteiger partial charge is 0.241 e. The highest BCUT2D eigenvalue weighted by Gasteiger charge is 2.21. The van der Waals surface area contributed by atoms with Crippen LogP contribution in [0.25, 0.3) is 11.6 Å². The molecule has 1 aliphatic rings. The molecule has 5 heteroatoms. The lowest BCUT2D eigenvalue weighted by Gasteiger charge is -2.15. The van der Waals surface area contributed by atoms with Crippen molar-refractivity contribution in [3.8, 4) is 0 Å². The predicted molar refractivity (Wildman–Crippen MR) is 126 cm³/mol. The quantitative estimate of drug-likeness (QED) is 0.578. The van der Waals surface area contributed by atoms with E-state index in [1.807, 2.05) is 37.3 Å². The average Bonchev–Trinajstić information content (AvgIpc) is 2.92. The standard InChI is InChI=1S/C26H27NO3S/c1-19-11-12-22(26(17-19)31(28,29)27-15-16-30-2)18-25-23-9-5-3-7-20(23)13-14-21-8-4-6-10-24(21)25/h3-12,17-18,27H,13-16H2,1-2H3. The normalized spacial score (nSPS) is 13.3. The Bertz CT molecular complexity index is 1180. The Morgan fingerprint density at radius 3 is 2.16 bits per heavy atom. The molecule has 0 saturated heterocycles. The van der Waals surface area contributed by atoms with Crippen molar-refractivity contribution in [2.45, 2.75) is 24.7 Å². The lowest BCUT2D eigenvalue weighted by Crippen LogP contribution is -2.27. The third kappa shape index (κ3) is 4.64. The van der Waals surface area contributed by atoms with Gasteiger partial charge in [0.25, 0.3) is 0 Å². The van der Waals surface area contributed by atoms with Crippen molar-refractivity contribution < 1.29 is 13.2 Å². The fraction of sp³-hybridized carbons (Fsp3) is 0.231. The molecule has 0 atom stereocenters. The minimum atomic E-state index is -3.67. The van der Waals surface area contributed by atoms with Crippen LogP contribution in [0.1, 0.15) is 33.4 Å². The molecule has 0 saturated carbocycles. The number of hydrogen-bond donors (Lipinski definition) is 1. The van der Waals surface area contributed by atoms with Crippen LogP contribution < -0.4 is 4.72 Å². The minimum absolute atomic E-state index is 0.231. The molecule has 0 aromatic heterocycles.